The Bertz CT molecular complexity index is 470. The van der Waals surface area contributed by atoms with Crippen LogP contribution >= 0.6 is 0 Å². The summed E-state index contributed by atoms with van der Waals surface area (Å²) in [6.07, 6.45) is 2.25. The molecule has 6 heteroatoms. The number of nitrogens with two attached hydrogens (primary N) is 1. The number of hydrogen-bond acceptors (Lipinski definition) is 5. The van der Waals surface area contributed by atoms with Crippen molar-refractivity contribution >= 4 is 17.1 Å². The van der Waals surface area contributed by atoms with Gasteiger partial charge in [0.1, 0.15) is 5.69 Å². The molecule has 0 saturated carbocycles. The van der Waals surface area contributed by atoms with E-state index in [0.717, 1.165) is 38.2 Å². The maximum atomic E-state index is 10.7. The molecule has 6 nitrogen and oxygen atoms in total. The van der Waals surface area contributed by atoms with E-state index >= 15 is 0 Å². The van der Waals surface area contributed by atoms with Crippen LogP contribution in [-0.4, -0.2) is 24.6 Å². The van der Waals surface area contributed by atoms with Crippen LogP contribution in [0.1, 0.15) is 19.8 Å². The van der Waals surface area contributed by atoms with Crippen molar-refractivity contribution in [3.63, 3.8) is 0 Å². The summed E-state index contributed by atoms with van der Waals surface area (Å²) in [5.41, 5.74) is 6.93. The van der Waals surface area contributed by atoms with Crippen molar-refractivity contribution in [1.29, 1.82) is 0 Å². The number of rotatable bonds is 4. The van der Waals surface area contributed by atoms with Gasteiger partial charge in [-0.05, 0) is 43.5 Å². The molecule has 0 aliphatic carbocycles. The number of nitrogen functional groups attached to an aromatic ring is 1. The van der Waals surface area contributed by atoms with Crippen molar-refractivity contribution in [3.05, 3.63) is 28.3 Å². The second kappa shape index (κ2) is 5.44. The van der Waals surface area contributed by atoms with Gasteiger partial charge in [0.15, 0.2) is 0 Å². The molecule has 19 heavy (non-hydrogen) atoms. The summed E-state index contributed by atoms with van der Waals surface area (Å²) < 4.78 is 0. The minimum atomic E-state index is -0.465. The second-order valence-electron chi connectivity index (χ2n) is 5.44. The van der Waals surface area contributed by atoms with E-state index in [9.17, 15) is 10.1 Å². The topological polar surface area (TPSA) is 93.2 Å². The molecule has 104 valence electrons. The molecular weight excluding hydrogens is 244 g/mol. The number of benzene rings is 1. The van der Waals surface area contributed by atoms with Crippen LogP contribution in [0.25, 0.3) is 0 Å². The minimum Gasteiger partial charge on any atom is -0.393 e. The Hall–Kier alpha value is -1.82. The summed E-state index contributed by atoms with van der Waals surface area (Å²) in [7, 11) is 0. The predicted octanol–water partition coefficient (Wildman–Crippen LogP) is 1.98. The largest absolute Gasteiger partial charge is 0.393 e. The fourth-order valence-corrected chi connectivity index (χ4v) is 2.35. The van der Waals surface area contributed by atoms with Crippen LogP contribution < -0.4 is 16.4 Å². The molecule has 0 bridgehead atoms. The van der Waals surface area contributed by atoms with Gasteiger partial charge < -0.3 is 16.4 Å². The van der Waals surface area contributed by atoms with Crippen molar-refractivity contribution in [2.24, 2.45) is 5.41 Å². The molecule has 0 atom stereocenters. The number of nitro benzene ring substituents is 1. The Balaban J connectivity index is 2.00. The van der Waals surface area contributed by atoms with Crippen LogP contribution in [0.2, 0.25) is 0 Å². The van der Waals surface area contributed by atoms with E-state index in [2.05, 4.69) is 17.6 Å². The highest BCUT2D eigenvalue weighted by atomic mass is 16.6. The first kappa shape index (κ1) is 13.6. The van der Waals surface area contributed by atoms with Crippen molar-refractivity contribution in [1.82, 2.24) is 5.32 Å². The zero-order valence-corrected chi connectivity index (χ0v) is 11.1. The summed E-state index contributed by atoms with van der Waals surface area (Å²) in [4.78, 5) is 10.2. The summed E-state index contributed by atoms with van der Waals surface area (Å²) in [6.45, 7) is 5.20. The average molecular weight is 264 g/mol. The van der Waals surface area contributed by atoms with E-state index in [1.165, 1.54) is 6.07 Å². The molecule has 1 aliphatic heterocycles. The lowest BCUT2D eigenvalue weighted by atomic mass is 9.81. The lowest BCUT2D eigenvalue weighted by Gasteiger charge is -2.34. The predicted molar refractivity (Wildman–Crippen MR) is 76.2 cm³/mol. The van der Waals surface area contributed by atoms with Gasteiger partial charge in [0.25, 0.3) is 5.69 Å². The fourth-order valence-electron chi connectivity index (χ4n) is 2.35. The van der Waals surface area contributed by atoms with E-state index in [-0.39, 0.29) is 16.8 Å². The van der Waals surface area contributed by atoms with E-state index in [1.807, 2.05) is 0 Å². The van der Waals surface area contributed by atoms with Crippen LogP contribution in [0, 0.1) is 15.5 Å². The molecule has 1 aliphatic rings. The SMILES string of the molecule is CC1(CNc2ccc([N+](=O)[O-])c(N)c2)CCNCC1. The van der Waals surface area contributed by atoms with E-state index in [1.54, 1.807) is 12.1 Å². The molecule has 1 fully saturated rings. The smallest absolute Gasteiger partial charge is 0.292 e. The lowest BCUT2D eigenvalue weighted by molar-refractivity contribution is -0.383. The number of nitrogens with zero attached hydrogens (tertiary/aromatic N) is 1. The number of piperidine rings is 1. The molecule has 0 spiro atoms. The molecule has 1 saturated heterocycles. The Labute approximate surface area is 112 Å². The molecular formula is C13H20N4O2. The van der Waals surface area contributed by atoms with Gasteiger partial charge in [0, 0.05) is 18.3 Å². The Morgan fingerprint density at radius 2 is 2.16 bits per heavy atom. The molecule has 0 radical (unpaired) electrons. The third-order valence-corrected chi connectivity index (χ3v) is 3.75. The zero-order valence-electron chi connectivity index (χ0n) is 11.1. The molecule has 0 amide bonds. The first-order valence-electron chi connectivity index (χ1n) is 6.49. The maximum Gasteiger partial charge on any atom is 0.292 e. The van der Waals surface area contributed by atoms with Gasteiger partial charge in [-0.1, -0.05) is 6.92 Å². The molecule has 1 aromatic rings. The molecule has 0 aromatic heterocycles. The molecule has 0 unspecified atom stereocenters. The van der Waals surface area contributed by atoms with Gasteiger partial charge in [0.2, 0.25) is 0 Å². The third kappa shape index (κ3) is 3.35. The summed E-state index contributed by atoms with van der Waals surface area (Å²) in [5.74, 6) is 0. The number of hydrogen-bond donors (Lipinski definition) is 3. The first-order valence-corrected chi connectivity index (χ1v) is 6.49. The minimum absolute atomic E-state index is 0.0429. The molecule has 1 heterocycles. The van der Waals surface area contributed by atoms with Gasteiger partial charge in [-0.3, -0.25) is 10.1 Å². The quantitative estimate of drug-likeness (QED) is 0.439. The van der Waals surface area contributed by atoms with E-state index in [4.69, 9.17) is 5.73 Å². The average Bonchev–Trinajstić information content (AvgIpc) is 2.37. The van der Waals surface area contributed by atoms with E-state index in [0.29, 0.717) is 0 Å². The normalized spacial score (nSPS) is 17.9. The van der Waals surface area contributed by atoms with Crippen LogP contribution in [-0.2, 0) is 0 Å². The highest BCUT2D eigenvalue weighted by molar-refractivity contribution is 5.65. The number of nitrogens with one attached hydrogen (secondary N) is 2. The summed E-state index contributed by atoms with van der Waals surface area (Å²) in [6, 6.07) is 4.78. The van der Waals surface area contributed by atoms with Crippen LogP contribution in [0.5, 0.6) is 0 Å². The van der Waals surface area contributed by atoms with Crippen molar-refractivity contribution in [2.75, 3.05) is 30.7 Å². The Morgan fingerprint density at radius 3 is 2.74 bits per heavy atom. The summed E-state index contributed by atoms with van der Waals surface area (Å²) >= 11 is 0. The second-order valence-corrected chi connectivity index (χ2v) is 5.44. The van der Waals surface area contributed by atoms with Gasteiger partial charge in [-0.25, -0.2) is 0 Å². The fraction of sp³-hybridized carbons (Fsp3) is 0.538. The van der Waals surface area contributed by atoms with Crippen molar-refractivity contribution < 1.29 is 4.92 Å². The molecule has 2 rings (SSSR count). The Kier molecular flexibility index (Phi) is 3.90. The van der Waals surface area contributed by atoms with Crippen molar-refractivity contribution in [3.8, 4) is 0 Å². The van der Waals surface area contributed by atoms with Gasteiger partial charge in [-0.15, -0.1) is 0 Å². The van der Waals surface area contributed by atoms with Crippen molar-refractivity contribution in [2.45, 2.75) is 19.8 Å². The van der Waals surface area contributed by atoms with Crippen LogP contribution in [0.15, 0.2) is 18.2 Å². The highest BCUT2D eigenvalue weighted by Crippen LogP contribution is 2.29. The number of anilines is 2. The molecule has 1 aromatic carbocycles. The number of nitro groups is 1. The van der Waals surface area contributed by atoms with Crippen LogP contribution in [0.4, 0.5) is 17.1 Å². The van der Waals surface area contributed by atoms with Gasteiger partial charge in [0.05, 0.1) is 4.92 Å². The monoisotopic (exact) mass is 264 g/mol. The first-order chi connectivity index (χ1) is 9.00. The Morgan fingerprint density at radius 1 is 1.47 bits per heavy atom. The van der Waals surface area contributed by atoms with Crippen LogP contribution in [0.3, 0.4) is 0 Å². The van der Waals surface area contributed by atoms with E-state index < -0.39 is 4.92 Å². The third-order valence-electron chi connectivity index (χ3n) is 3.75. The zero-order chi connectivity index (χ0) is 13.9. The lowest BCUT2D eigenvalue weighted by Crippen LogP contribution is -2.39. The van der Waals surface area contributed by atoms with Gasteiger partial charge in [-0.2, -0.15) is 0 Å². The molecule has 4 N–H and O–H groups in total. The standard InChI is InChI=1S/C13H20N4O2/c1-13(4-6-15-7-5-13)9-16-10-2-3-12(17(18)19)11(14)8-10/h2-3,8,15-16H,4-7,9,14H2,1H3. The highest BCUT2D eigenvalue weighted by Gasteiger charge is 2.26. The summed E-state index contributed by atoms with van der Waals surface area (Å²) in [5, 5.41) is 17.4. The van der Waals surface area contributed by atoms with Gasteiger partial charge >= 0.3 is 0 Å². The maximum absolute atomic E-state index is 10.7.